The summed E-state index contributed by atoms with van der Waals surface area (Å²) in [6.07, 6.45) is 3.58. The number of nitriles is 2. The van der Waals surface area contributed by atoms with E-state index in [0.717, 1.165) is 32.5 Å². The van der Waals surface area contributed by atoms with E-state index in [9.17, 15) is 0 Å². The van der Waals surface area contributed by atoms with E-state index in [1.165, 1.54) is 11.1 Å². The Hall–Kier alpha value is -4.19. The van der Waals surface area contributed by atoms with Gasteiger partial charge in [0.2, 0.25) is 0 Å². The lowest BCUT2D eigenvalue weighted by atomic mass is 9.83. The lowest BCUT2D eigenvalue weighted by Gasteiger charge is -2.27. The standard InChI is InChI=1S/C28H20N4S/c1-28(2)24-14-22(32(20-9-5-3-6-10-20)21-11-7-4-8-12-21)18-31-26(24)27-25(28)15-23(33-27)13-19(16-29)17-30/h3-15,18H,1-2H3. The summed E-state index contributed by atoms with van der Waals surface area (Å²) in [5.74, 6) is 0. The molecular formula is C28H20N4S. The van der Waals surface area contributed by atoms with Crippen LogP contribution in [-0.4, -0.2) is 4.98 Å². The number of anilines is 3. The van der Waals surface area contributed by atoms with Crippen molar-refractivity contribution in [3.05, 3.63) is 101 Å². The summed E-state index contributed by atoms with van der Waals surface area (Å²) in [5.41, 5.74) is 6.35. The molecule has 1 aliphatic rings. The number of benzene rings is 2. The summed E-state index contributed by atoms with van der Waals surface area (Å²) < 4.78 is 0. The molecule has 0 unspecified atom stereocenters. The van der Waals surface area contributed by atoms with Crippen molar-refractivity contribution in [3.8, 4) is 22.7 Å². The summed E-state index contributed by atoms with van der Waals surface area (Å²) in [6, 6.07) is 28.8. The molecule has 4 nitrogen and oxygen atoms in total. The first-order valence-corrected chi connectivity index (χ1v) is 11.4. The number of aromatic nitrogens is 1. The molecule has 0 fully saturated rings. The van der Waals surface area contributed by atoms with Crippen LogP contribution in [0.1, 0.15) is 29.9 Å². The van der Waals surface area contributed by atoms with Gasteiger partial charge in [-0.05, 0) is 53.6 Å². The first kappa shape index (κ1) is 20.7. The van der Waals surface area contributed by atoms with Crippen LogP contribution in [-0.2, 0) is 5.41 Å². The number of rotatable bonds is 4. The highest BCUT2D eigenvalue weighted by atomic mass is 32.1. The van der Waals surface area contributed by atoms with Crippen molar-refractivity contribution in [1.29, 1.82) is 10.5 Å². The zero-order valence-electron chi connectivity index (χ0n) is 18.3. The Balaban J connectivity index is 1.63. The number of thiophene rings is 1. The van der Waals surface area contributed by atoms with Gasteiger partial charge in [-0.15, -0.1) is 11.3 Å². The number of hydrogen-bond donors (Lipinski definition) is 0. The Morgan fingerprint density at radius 2 is 1.48 bits per heavy atom. The van der Waals surface area contributed by atoms with Gasteiger partial charge in [-0.25, -0.2) is 0 Å². The normalized spacial score (nSPS) is 12.7. The van der Waals surface area contributed by atoms with Gasteiger partial charge >= 0.3 is 0 Å². The topological polar surface area (TPSA) is 63.7 Å². The third-order valence-corrected chi connectivity index (χ3v) is 7.09. The van der Waals surface area contributed by atoms with Crippen LogP contribution < -0.4 is 4.90 Å². The van der Waals surface area contributed by atoms with Crippen molar-refractivity contribution in [1.82, 2.24) is 4.98 Å². The molecule has 2 heterocycles. The van der Waals surface area contributed by atoms with E-state index in [0.29, 0.717) is 0 Å². The third kappa shape index (κ3) is 3.49. The molecule has 0 N–H and O–H groups in total. The van der Waals surface area contributed by atoms with Gasteiger partial charge in [0.15, 0.2) is 0 Å². The molecule has 0 saturated carbocycles. The van der Waals surface area contributed by atoms with Crippen LogP contribution in [0.4, 0.5) is 17.1 Å². The minimum Gasteiger partial charge on any atom is -0.309 e. The van der Waals surface area contributed by atoms with Gasteiger partial charge in [-0.1, -0.05) is 50.2 Å². The Morgan fingerprint density at radius 1 is 0.879 bits per heavy atom. The Kier molecular flexibility index (Phi) is 5.05. The van der Waals surface area contributed by atoms with E-state index in [1.807, 2.05) is 54.7 Å². The fourth-order valence-electron chi connectivity index (χ4n) is 4.33. The van der Waals surface area contributed by atoms with E-state index in [1.54, 1.807) is 17.4 Å². The molecule has 158 valence electrons. The van der Waals surface area contributed by atoms with Crippen molar-refractivity contribution in [2.24, 2.45) is 0 Å². The first-order chi connectivity index (χ1) is 16.0. The maximum absolute atomic E-state index is 9.11. The number of hydrogen-bond acceptors (Lipinski definition) is 5. The van der Waals surface area contributed by atoms with Gasteiger partial charge in [0.25, 0.3) is 0 Å². The average Bonchev–Trinajstić information content (AvgIpc) is 3.36. The number of pyridine rings is 1. The highest BCUT2D eigenvalue weighted by molar-refractivity contribution is 7.16. The van der Waals surface area contributed by atoms with Crippen LogP contribution in [0.5, 0.6) is 0 Å². The molecule has 0 atom stereocenters. The van der Waals surface area contributed by atoms with Gasteiger partial charge in [0.05, 0.1) is 22.5 Å². The van der Waals surface area contributed by atoms with Crippen molar-refractivity contribution >= 4 is 34.5 Å². The fourth-order valence-corrected chi connectivity index (χ4v) is 5.61. The smallest absolute Gasteiger partial charge is 0.131 e. The predicted molar refractivity (Wildman–Crippen MR) is 134 cm³/mol. The lowest BCUT2D eigenvalue weighted by Crippen LogP contribution is -2.16. The lowest BCUT2D eigenvalue weighted by molar-refractivity contribution is 0.660. The van der Waals surface area contributed by atoms with Crippen molar-refractivity contribution in [3.63, 3.8) is 0 Å². The summed E-state index contributed by atoms with van der Waals surface area (Å²) in [7, 11) is 0. The Bertz CT molecular complexity index is 1400. The van der Waals surface area contributed by atoms with Gasteiger partial charge in [0, 0.05) is 21.7 Å². The van der Waals surface area contributed by atoms with Gasteiger partial charge in [-0.2, -0.15) is 10.5 Å². The molecule has 0 amide bonds. The predicted octanol–water partition coefficient (Wildman–Crippen LogP) is 7.35. The molecule has 2 aromatic carbocycles. The van der Waals surface area contributed by atoms with E-state index >= 15 is 0 Å². The highest BCUT2D eigenvalue weighted by Crippen LogP contribution is 2.53. The van der Waals surface area contributed by atoms with Gasteiger partial charge in [0.1, 0.15) is 17.7 Å². The molecule has 4 aromatic rings. The van der Waals surface area contributed by atoms with Crippen LogP contribution in [0.25, 0.3) is 16.6 Å². The SMILES string of the molecule is CC1(C)c2cc(N(c3ccccc3)c3ccccc3)cnc2-c2sc(C=C(C#N)C#N)cc21. The zero-order chi connectivity index (χ0) is 23.0. The molecule has 5 heteroatoms. The van der Waals surface area contributed by atoms with Crippen LogP contribution in [0.2, 0.25) is 0 Å². The second kappa shape index (κ2) is 8.06. The van der Waals surface area contributed by atoms with Crippen LogP contribution >= 0.6 is 11.3 Å². The van der Waals surface area contributed by atoms with E-state index in [2.05, 4.69) is 55.1 Å². The highest BCUT2D eigenvalue weighted by Gasteiger charge is 2.39. The van der Waals surface area contributed by atoms with Gasteiger partial charge in [-0.3, -0.25) is 4.98 Å². The minimum absolute atomic E-state index is 0.109. The second-order valence-electron chi connectivity index (χ2n) is 8.39. The molecule has 0 bridgehead atoms. The van der Waals surface area contributed by atoms with Crippen LogP contribution in [0.3, 0.4) is 0 Å². The summed E-state index contributed by atoms with van der Waals surface area (Å²) in [6.45, 7) is 4.41. The molecule has 0 spiro atoms. The van der Waals surface area contributed by atoms with Crippen molar-refractivity contribution in [2.45, 2.75) is 19.3 Å². The molecule has 5 rings (SSSR count). The van der Waals surface area contributed by atoms with Crippen LogP contribution in [0, 0.1) is 22.7 Å². The van der Waals surface area contributed by atoms with E-state index < -0.39 is 0 Å². The molecule has 0 aliphatic heterocycles. The van der Waals surface area contributed by atoms with Crippen LogP contribution in [0.15, 0.2) is 84.6 Å². The zero-order valence-corrected chi connectivity index (χ0v) is 19.1. The monoisotopic (exact) mass is 444 g/mol. The molecule has 2 aromatic heterocycles. The molecular weight excluding hydrogens is 424 g/mol. The van der Waals surface area contributed by atoms with Crippen molar-refractivity contribution in [2.75, 3.05) is 4.90 Å². The van der Waals surface area contributed by atoms with E-state index in [4.69, 9.17) is 15.5 Å². The Labute approximate surface area is 197 Å². The first-order valence-electron chi connectivity index (χ1n) is 10.6. The number of para-hydroxylation sites is 2. The van der Waals surface area contributed by atoms with Crippen molar-refractivity contribution < 1.29 is 0 Å². The number of allylic oxidation sites excluding steroid dienone is 1. The summed E-state index contributed by atoms with van der Waals surface area (Å²) >= 11 is 1.58. The fraction of sp³-hybridized carbons (Fsp3) is 0.107. The summed E-state index contributed by atoms with van der Waals surface area (Å²) in [5, 5.41) is 18.2. The van der Waals surface area contributed by atoms with E-state index in [-0.39, 0.29) is 11.0 Å². The maximum Gasteiger partial charge on any atom is 0.131 e. The largest absolute Gasteiger partial charge is 0.309 e. The van der Waals surface area contributed by atoms with Gasteiger partial charge < -0.3 is 4.90 Å². The average molecular weight is 445 g/mol. The number of nitrogens with zero attached hydrogens (tertiary/aromatic N) is 4. The number of fused-ring (bicyclic) bond motifs is 3. The third-order valence-electron chi connectivity index (χ3n) is 6.00. The molecule has 0 radical (unpaired) electrons. The quantitative estimate of drug-likeness (QED) is 0.309. The minimum atomic E-state index is -0.241. The molecule has 0 saturated heterocycles. The summed E-state index contributed by atoms with van der Waals surface area (Å²) in [4.78, 5) is 9.14. The second-order valence-corrected chi connectivity index (χ2v) is 9.48. The Morgan fingerprint density at radius 3 is 2.06 bits per heavy atom. The molecule has 1 aliphatic carbocycles. The molecule has 33 heavy (non-hydrogen) atoms. The maximum atomic E-state index is 9.11.